The second kappa shape index (κ2) is 12.5. The summed E-state index contributed by atoms with van der Waals surface area (Å²) in [6.07, 6.45) is 1.35. The highest BCUT2D eigenvalue weighted by molar-refractivity contribution is 7.98. The van der Waals surface area contributed by atoms with E-state index >= 15 is 0 Å². The Bertz CT molecular complexity index is 269. The molecule has 0 saturated carbocycles. The second-order valence-corrected chi connectivity index (χ2v) is 4.72. The highest BCUT2D eigenvalue weighted by atomic mass is 35.5. The topological polar surface area (TPSA) is 102 Å². The molecule has 0 saturated heterocycles. The van der Waals surface area contributed by atoms with E-state index in [-0.39, 0.29) is 31.3 Å². The van der Waals surface area contributed by atoms with Gasteiger partial charge in [0.2, 0.25) is 5.91 Å². The summed E-state index contributed by atoms with van der Waals surface area (Å²) in [7, 11) is 0. The van der Waals surface area contributed by atoms with Gasteiger partial charge in [-0.05, 0) is 25.4 Å². The number of esters is 1. The summed E-state index contributed by atoms with van der Waals surface area (Å²) < 4.78 is 4.70. The summed E-state index contributed by atoms with van der Waals surface area (Å²) >= 11 is 1.60. The van der Waals surface area contributed by atoms with E-state index in [9.17, 15) is 14.7 Å². The summed E-state index contributed by atoms with van der Waals surface area (Å²) in [4.78, 5) is 22.5. The fourth-order valence-electron chi connectivity index (χ4n) is 1.23. The highest BCUT2D eigenvalue weighted by Crippen LogP contribution is 2.02. The fraction of sp³-hybridized carbons (Fsp3) is 0.818. The largest absolute Gasteiger partial charge is 0.466 e. The third-order valence-corrected chi connectivity index (χ3v) is 2.91. The van der Waals surface area contributed by atoms with Crippen molar-refractivity contribution in [1.29, 1.82) is 0 Å². The molecule has 0 heterocycles. The van der Waals surface area contributed by atoms with Crippen LogP contribution in [-0.4, -0.2) is 54.3 Å². The zero-order valence-electron chi connectivity index (χ0n) is 11.3. The number of ether oxygens (including phenoxy) is 1. The minimum Gasteiger partial charge on any atom is -0.466 e. The van der Waals surface area contributed by atoms with Gasteiger partial charge in [0, 0.05) is 12.6 Å². The Kier molecular flexibility index (Phi) is 13.7. The van der Waals surface area contributed by atoms with Crippen LogP contribution in [0.15, 0.2) is 0 Å². The number of amides is 1. The Hall–Kier alpha value is -0.500. The van der Waals surface area contributed by atoms with Crippen LogP contribution in [0.1, 0.15) is 19.8 Å². The first-order chi connectivity index (χ1) is 8.52. The van der Waals surface area contributed by atoms with Crippen molar-refractivity contribution in [3.63, 3.8) is 0 Å². The molecular weight excluding hydrogens is 292 g/mol. The predicted octanol–water partition coefficient (Wildman–Crippen LogP) is -0.0811. The molecule has 0 aliphatic carbocycles. The molecular formula is C11H23ClN2O4S. The molecule has 0 fully saturated rings. The van der Waals surface area contributed by atoms with Crippen LogP contribution in [0.5, 0.6) is 0 Å². The number of thioether (sulfide) groups is 1. The van der Waals surface area contributed by atoms with Gasteiger partial charge in [-0.3, -0.25) is 9.59 Å². The molecule has 0 aliphatic rings. The molecule has 4 N–H and O–H groups in total. The minimum atomic E-state index is -1.24. The van der Waals surface area contributed by atoms with E-state index in [0.717, 1.165) is 5.75 Å². The first-order valence-corrected chi connectivity index (χ1v) is 7.28. The summed E-state index contributed by atoms with van der Waals surface area (Å²) in [5.74, 6) is -0.138. The molecule has 0 aromatic heterocycles. The van der Waals surface area contributed by atoms with Gasteiger partial charge >= 0.3 is 5.97 Å². The van der Waals surface area contributed by atoms with Crippen LogP contribution in [0.25, 0.3) is 0 Å². The Morgan fingerprint density at radius 2 is 2.11 bits per heavy atom. The van der Waals surface area contributed by atoms with Crippen LogP contribution < -0.4 is 11.1 Å². The Balaban J connectivity index is 0. The van der Waals surface area contributed by atoms with Gasteiger partial charge < -0.3 is 20.9 Å². The molecule has 0 spiro atoms. The third kappa shape index (κ3) is 10.0. The van der Waals surface area contributed by atoms with E-state index in [0.29, 0.717) is 13.0 Å². The molecule has 114 valence electrons. The smallest absolute Gasteiger partial charge is 0.307 e. The second-order valence-electron chi connectivity index (χ2n) is 3.74. The van der Waals surface area contributed by atoms with E-state index in [1.165, 1.54) is 0 Å². The van der Waals surface area contributed by atoms with E-state index in [4.69, 9.17) is 10.5 Å². The normalized spacial score (nSPS) is 13.1. The van der Waals surface area contributed by atoms with Crippen LogP contribution in [0.2, 0.25) is 0 Å². The number of hydrogen-bond donors (Lipinski definition) is 3. The standard InChI is InChI=1S/C11H22N2O4S.ClH/c1-3-17-9(14)4-6-13-11(16)10(15)8(12)5-7-18-2;/h8,10,15H,3-7,12H2,1-2H3,(H,13,16);1H. The highest BCUT2D eigenvalue weighted by Gasteiger charge is 2.22. The monoisotopic (exact) mass is 314 g/mol. The van der Waals surface area contributed by atoms with Crippen LogP contribution in [-0.2, 0) is 14.3 Å². The summed E-state index contributed by atoms with van der Waals surface area (Å²) in [5, 5.41) is 12.1. The number of carbonyl (C=O) groups excluding carboxylic acids is 2. The number of aliphatic hydroxyl groups excluding tert-OH is 1. The predicted molar refractivity (Wildman–Crippen MR) is 78.5 cm³/mol. The van der Waals surface area contributed by atoms with Gasteiger partial charge in [0.25, 0.3) is 0 Å². The fourth-order valence-corrected chi connectivity index (χ4v) is 1.74. The Morgan fingerprint density at radius 3 is 2.63 bits per heavy atom. The van der Waals surface area contributed by atoms with Crippen LogP contribution in [0, 0.1) is 0 Å². The molecule has 0 rings (SSSR count). The first-order valence-electron chi connectivity index (χ1n) is 5.88. The lowest BCUT2D eigenvalue weighted by Gasteiger charge is -2.17. The van der Waals surface area contributed by atoms with Gasteiger partial charge in [0.15, 0.2) is 0 Å². The van der Waals surface area contributed by atoms with Gasteiger partial charge in [-0.2, -0.15) is 11.8 Å². The van der Waals surface area contributed by atoms with Gasteiger partial charge in [-0.15, -0.1) is 12.4 Å². The quantitative estimate of drug-likeness (QED) is 0.515. The number of nitrogens with two attached hydrogens (primary N) is 1. The van der Waals surface area contributed by atoms with Crippen molar-refractivity contribution in [2.24, 2.45) is 5.73 Å². The third-order valence-electron chi connectivity index (χ3n) is 2.26. The molecule has 19 heavy (non-hydrogen) atoms. The lowest BCUT2D eigenvalue weighted by molar-refractivity contribution is -0.143. The SMILES string of the molecule is CCOC(=O)CCNC(=O)C(O)C(N)CCSC.Cl. The van der Waals surface area contributed by atoms with Crippen molar-refractivity contribution in [2.45, 2.75) is 31.9 Å². The maximum Gasteiger partial charge on any atom is 0.307 e. The lowest BCUT2D eigenvalue weighted by atomic mass is 10.1. The van der Waals surface area contributed by atoms with Gasteiger partial charge in [0.05, 0.1) is 13.0 Å². The van der Waals surface area contributed by atoms with Crippen molar-refractivity contribution >= 4 is 36.0 Å². The van der Waals surface area contributed by atoms with Crippen molar-refractivity contribution < 1.29 is 19.4 Å². The van der Waals surface area contributed by atoms with Crippen LogP contribution in [0.4, 0.5) is 0 Å². The average molecular weight is 315 g/mol. The molecule has 1 amide bonds. The number of rotatable bonds is 9. The maximum absolute atomic E-state index is 11.5. The summed E-state index contributed by atoms with van der Waals surface area (Å²) in [6, 6.07) is -0.583. The molecule has 0 aromatic carbocycles. The van der Waals surface area contributed by atoms with Crippen molar-refractivity contribution in [3.8, 4) is 0 Å². The van der Waals surface area contributed by atoms with E-state index in [1.54, 1.807) is 18.7 Å². The van der Waals surface area contributed by atoms with Crippen LogP contribution >= 0.6 is 24.2 Å². The number of hydrogen-bond acceptors (Lipinski definition) is 6. The van der Waals surface area contributed by atoms with Crippen LogP contribution in [0.3, 0.4) is 0 Å². The number of carbonyl (C=O) groups is 2. The molecule has 6 nitrogen and oxygen atoms in total. The van der Waals surface area contributed by atoms with E-state index in [1.807, 2.05) is 6.26 Å². The summed E-state index contributed by atoms with van der Waals surface area (Å²) in [6.45, 7) is 2.17. The van der Waals surface area contributed by atoms with Gasteiger partial charge in [-0.25, -0.2) is 0 Å². The van der Waals surface area contributed by atoms with Gasteiger partial charge in [0.1, 0.15) is 6.10 Å². The number of aliphatic hydroxyl groups is 1. The molecule has 2 atom stereocenters. The molecule has 2 unspecified atom stereocenters. The van der Waals surface area contributed by atoms with E-state index < -0.39 is 18.1 Å². The molecule has 0 radical (unpaired) electrons. The van der Waals surface area contributed by atoms with Crippen molar-refractivity contribution in [3.05, 3.63) is 0 Å². The maximum atomic E-state index is 11.5. The van der Waals surface area contributed by atoms with Crippen molar-refractivity contribution in [2.75, 3.05) is 25.2 Å². The summed E-state index contributed by atoms with van der Waals surface area (Å²) in [5.41, 5.74) is 5.67. The zero-order valence-corrected chi connectivity index (χ0v) is 12.9. The van der Waals surface area contributed by atoms with Gasteiger partial charge in [-0.1, -0.05) is 0 Å². The lowest BCUT2D eigenvalue weighted by Crippen LogP contribution is -2.47. The number of nitrogens with one attached hydrogen (secondary N) is 1. The number of halogens is 1. The Labute approximate surface area is 124 Å². The van der Waals surface area contributed by atoms with E-state index in [2.05, 4.69) is 5.32 Å². The average Bonchev–Trinajstić information content (AvgIpc) is 2.35. The first kappa shape index (κ1) is 20.8. The molecule has 0 bridgehead atoms. The van der Waals surface area contributed by atoms with Crippen molar-refractivity contribution in [1.82, 2.24) is 5.32 Å². The minimum absolute atomic E-state index is 0. The Morgan fingerprint density at radius 1 is 1.47 bits per heavy atom. The molecule has 0 aliphatic heterocycles. The molecule has 8 heteroatoms. The molecule has 0 aromatic rings. The zero-order chi connectivity index (χ0) is 14.0.